The van der Waals surface area contributed by atoms with Crippen LogP contribution in [0.3, 0.4) is 0 Å². The highest BCUT2D eigenvalue weighted by atomic mass is 16.5. The van der Waals surface area contributed by atoms with Crippen LogP contribution >= 0.6 is 0 Å². The number of nitrogens with two attached hydrogens (primary N) is 1. The molecule has 5 nitrogen and oxygen atoms in total. The highest BCUT2D eigenvalue weighted by molar-refractivity contribution is 5.82. The molecule has 0 saturated heterocycles. The first-order chi connectivity index (χ1) is 9.80. The van der Waals surface area contributed by atoms with Crippen molar-refractivity contribution in [2.45, 2.75) is 6.54 Å². The predicted octanol–water partition coefficient (Wildman–Crippen LogP) is 2.38. The van der Waals surface area contributed by atoms with Crippen molar-refractivity contribution in [2.75, 3.05) is 12.5 Å². The standard InChI is InChI=1S/C15H16N4O/c1-20-14-6-2-11(3-7-14)10-19-15-8-13(18-16)5-4-12(15)9-17-19/h2-9,18H,10,16H2,1H3. The van der Waals surface area contributed by atoms with Gasteiger partial charge in [-0.15, -0.1) is 0 Å². The second-order valence-electron chi connectivity index (χ2n) is 4.57. The van der Waals surface area contributed by atoms with E-state index < -0.39 is 0 Å². The number of nitrogens with one attached hydrogen (secondary N) is 1. The minimum Gasteiger partial charge on any atom is -0.497 e. The van der Waals surface area contributed by atoms with Crippen LogP contribution in [0.15, 0.2) is 48.7 Å². The topological polar surface area (TPSA) is 65.1 Å². The number of hydrogen-bond donors (Lipinski definition) is 2. The summed E-state index contributed by atoms with van der Waals surface area (Å²) in [6, 6.07) is 13.9. The molecule has 3 aromatic rings. The van der Waals surface area contributed by atoms with Gasteiger partial charge in [0, 0.05) is 5.39 Å². The van der Waals surface area contributed by atoms with E-state index in [2.05, 4.69) is 10.5 Å². The average Bonchev–Trinajstić information content (AvgIpc) is 2.90. The van der Waals surface area contributed by atoms with Crippen LogP contribution in [0.2, 0.25) is 0 Å². The molecule has 20 heavy (non-hydrogen) atoms. The Morgan fingerprint density at radius 1 is 1.20 bits per heavy atom. The van der Waals surface area contributed by atoms with Crippen LogP contribution in [0, 0.1) is 0 Å². The molecule has 0 spiro atoms. The highest BCUT2D eigenvalue weighted by Gasteiger charge is 2.04. The van der Waals surface area contributed by atoms with Gasteiger partial charge in [-0.2, -0.15) is 5.10 Å². The number of benzene rings is 2. The number of nitrogens with zero attached hydrogens (tertiary/aromatic N) is 2. The SMILES string of the molecule is COc1ccc(Cn2ncc3ccc(NN)cc32)cc1. The molecule has 0 aliphatic carbocycles. The van der Waals surface area contributed by atoms with Crippen LogP contribution in [-0.4, -0.2) is 16.9 Å². The molecule has 1 aromatic heterocycles. The number of methoxy groups -OCH3 is 1. The molecular weight excluding hydrogens is 252 g/mol. The summed E-state index contributed by atoms with van der Waals surface area (Å²) in [7, 11) is 1.66. The molecule has 0 radical (unpaired) electrons. The van der Waals surface area contributed by atoms with E-state index >= 15 is 0 Å². The zero-order valence-corrected chi connectivity index (χ0v) is 11.2. The largest absolute Gasteiger partial charge is 0.497 e. The van der Waals surface area contributed by atoms with Crippen LogP contribution in [-0.2, 0) is 6.54 Å². The predicted molar refractivity (Wildman–Crippen MR) is 79.6 cm³/mol. The van der Waals surface area contributed by atoms with Gasteiger partial charge in [0.05, 0.1) is 31.1 Å². The fourth-order valence-electron chi connectivity index (χ4n) is 2.19. The number of rotatable bonds is 4. The quantitative estimate of drug-likeness (QED) is 0.563. The Kier molecular flexibility index (Phi) is 3.26. The molecule has 1 heterocycles. The maximum absolute atomic E-state index is 5.45. The summed E-state index contributed by atoms with van der Waals surface area (Å²) in [4.78, 5) is 0. The van der Waals surface area contributed by atoms with Gasteiger partial charge in [-0.25, -0.2) is 0 Å². The first-order valence-corrected chi connectivity index (χ1v) is 6.35. The summed E-state index contributed by atoms with van der Waals surface area (Å²) in [5.41, 5.74) is 5.75. The number of ether oxygens (including phenoxy) is 1. The van der Waals surface area contributed by atoms with Gasteiger partial charge in [0.25, 0.3) is 0 Å². The van der Waals surface area contributed by atoms with Gasteiger partial charge in [-0.1, -0.05) is 12.1 Å². The van der Waals surface area contributed by atoms with Gasteiger partial charge in [-0.3, -0.25) is 10.5 Å². The third-order valence-electron chi connectivity index (χ3n) is 3.30. The molecule has 2 aromatic carbocycles. The first-order valence-electron chi connectivity index (χ1n) is 6.35. The number of fused-ring (bicyclic) bond motifs is 1. The second-order valence-corrected chi connectivity index (χ2v) is 4.57. The van der Waals surface area contributed by atoms with Crippen molar-refractivity contribution in [3.8, 4) is 5.75 Å². The molecule has 3 rings (SSSR count). The number of hydrogen-bond acceptors (Lipinski definition) is 4. The van der Waals surface area contributed by atoms with Crippen LogP contribution in [0.5, 0.6) is 5.75 Å². The van der Waals surface area contributed by atoms with Crippen molar-refractivity contribution in [1.82, 2.24) is 9.78 Å². The Balaban J connectivity index is 1.93. The van der Waals surface area contributed by atoms with Crippen LogP contribution in [0.25, 0.3) is 10.9 Å². The van der Waals surface area contributed by atoms with E-state index in [1.165, 1.54) is 5.56 Å². The minimum absolute atomic E-state index is 0.710. The zero-order valence-electron chi connectivity index (χ0n) is 11.2. The molecule has 0 aliphatic heterocycles. The third-order valence-corrected chi connectivity index (χ3v) is 3.30. The Morgan fingerprint density at radius 3 is 2.70 bits per heavy atom. The summed E-state index contributed by atoms with van der Waals surface area (Å²) in [6.45, 7) is 0.710. The van der Waals surface area contributed by atoms with E-state index in [-0.39, 0.29) is 0 Å². The van der Waals surface area contributed by atoms with E-state index in [0.717, 1.165) is 22.3 Å². The summed E-state index contributed by atoms with van der Waals surface area (Å²) in [5, 5.41) is 5.52. The lowest BCUT2D eigenvalue weighted by molar-refractivity contribution is 0.414. The Hall–Kier alpha value is -2.53. The van der Waals surface area contributed by atoms with E-state index in [1.807, 2.05) is 53.3 Å². The molecule has 0 unspecified atom stereocenters. The van der Waals surface area contributed by atoms with Crippen LogP contribution in [0.1, 0.15) is 5.56 Å². The lowest BCUT2D eigenvalue weighted by atomic mass is 10.2. The molecule has 0 aliphatic rings. The highest BCUT2D eigenvalue weighted by Crippen LogP contribution is 2.20. The van der Waals surface area contributed by atoms with Gasteiger partial charge in [0.2, 0.25) is 0 Å². The van der Waals surface area contributed by atoms with Gasteiger partial charge in [0.15, 0.2) is 0 Å². The molecule has 0 amide bonds. The van der Waals surface area contributed by atoms with E-state index in [9.17, 15) is 0 Å². The summed E-state index contributed by atoms with van der Waals surface area (Å²) < 4.78 is 7.12. The number of anilines is 1. The molecule has 5 heteroatoms. The molecule has 0 bridgehead atoms. The second kappa shape index (κ2) is 5.22. The lowest BCUT2D eigenvalue weighted by Gasteiger charge is -2.06. The summed E-state index contributed by atoms with van der Waals surface area (Å²) in [6.07, 6.45) is 1.86. The van der Waals surface area contributed by atoms with Crippen LogP contribution in [0.4, 0.5) is 5.69 Å². The molecule has 3 N–H and O–H groups in total. The van der Waals surface area contributed by atoms with Crippen molar-refractivity contribution in [2.24, 2.45) is 5.84 Å². The normalized spacial score (nSPS) is 10.7. The van der Waals surface area contributed by atoms with Crippen molar-refractivity contribution in [3.05, 3.63) is 54.2 Å². The monoisotopic (exact) mass is 268 g/mol. The third kappa shape index (κ3) is 2.31. The Labute approximate surface area is 116 Å². The maximum atomic E-state index is 5.45. The smallest absolute Gasteiger partial charge is 0.118 e. The van der Waals surface area contributed by atoms with Crippen molar-refractivity contribution in [1.29, 1.82) is 0 Å². The average molecular weight is 268 g/mol. The Morgan fingerprint density at radius 2 is 2.00 bits per heavy atom. The number of nitrogen functional groups attached to an aromatic ring is 1. The van der Waals surface area contributed by atoms with Crippen molar-refractivity contribution in [3.63, 3.8) is 0 Å². The summed E-state index contributed by atoms with van der Waals surface area (Å²) >= 11 is 0. The molecule has 0 fully saturated rings. The van der Waals surface area contributed by atoms with Gasteiger partial charge in [0.1, 0.15) is 5.75 Å². The maximum Gasteiger partial charge on any atom is 0.118 e. The van der Waals surface area contributed by atoms with E-state index in [4.69, 9.17) is 10.6 Å². The van der Waals surface area contributed by atoms with E-state index in [1.54, 1.807) is 7.11 Å². The van der Waals surface area contributed by atoms with Crippen LogP contribution < -0.4 is 16.0 Å². The van der Waals surface area contributed by atoms with Gasteiger partial charge < -0.3 is 10.2 Å². The lowest BCUT2D eigenvalue weighted by Crippen LogP contribution is -2.07. The molecule has 0 atom stereocenters. The summed E-state index contributed by atoms with van der Waals surface area (Å²) in [5.74, 6) is 6.31. The molecule has 102 valence electrons. The van der Waals surface area contributed by atoms with Gasteiger partial charge >= 0.3 is 0 Å². The molecule has 0 saturated carbocycles. The molecular formula is C15H16N4O. The van der Waals surface area contributed by atoms with Gasteiger partial charge in [-0.05, 0) is 35.9 Å². The minimum atomic E-state index is 0.710. The number of hydrazine groups is 1. The fourth-order valence-corrected chi connectivity index (χ4v) is 2.19. The number of aromatic nitrogens is 2. The fraction of sp³-hybridized carbons (Fsp3) is 0.133. The van der Waals surface area contributed by atoms with E-state index in [0.29, 0.717) is 6.54 Å². The zero-order chi connectivity index (χ0) is 13.9. The van der Waals surface area contributed by atoms with Crippen molar-refractivity contribution >= 4 is 16.6 Å². The Bertz CT molecular complexity index is 718. The first kappa shape index (κ1) is 12.5. The van der Waals surface area contributed by atoms with Crippen molar-refractivity contribution < 1.29 is 4.74 Å².